The molecule has 1 aromatic carbocycles. The molecule has 0 fully saturated rings. The van der Waals surface area contributed by atoms with Gasteiger partial charge in [0.1, 0.15) is 17.8 Å². The minimum absolute atomic E-state index is 0.175. The SMILES string of the molecule is CCCNC(=O)c1cc(Nc2ccccc2CC)ncn1. The molecule has 21 heavy (non-hydrogen) atoms. The highest BCUT2D eigenvalue weighted by Crippen LogP contribution is 2.19. The van der Waals surface area contributed by atoms with Crippen LogP contribution in [0.4, 0.5) is 11.5 Å². The van der Waals surface area contributed by atoms with Crippen molar-refractivity contribution in [1.82, 2.24) is 15.3 Å². The zero-order valence-corrected chi connectivity index (χ0v) is 12.4. The van der Waals surface area contributed by atoms with Crippen molar-refractivity contribution in [3.8, 4) is 0 Å². The van der Waals surface area contributed by atoms with E-state index in [1.165, 1.54) is 11.9 Å². The molecule has 0 saturated heterocycles. The summed E-state index contributed by atoms with van der Waals surface area (Å²) < 4.78 is 0. The maximum absolute atomic E-state index is 11.9. The monoisotopic (exact) mass is 284 g/mol. The Morgan fingerprint density at radius 2 is 2.00 bits per heavy atom. The fourth-order valence-electron chi connectivity index (χ4n) is 1.97. The van der Waals surface area contributed by atoms with E-state index in [9.17, 15) is 4.79 Å². The number of hydrogen-bond acceptors (Lipinski definition) is 4. The van der Waals surface area contributed by atoms with Crippen molar-refractivity contribution in [1.29, 1.82) is 0 Å². The van der Waals surface area contributed by atoms with Gasteiger partial charge in [-0.3, -0.25) is 4.79 Å². The molecule has 0 atom stereocenters. The molecule has 2 N–H and O–H groups in total. The lowest BCUT2D eigenvalue weighted by Gasteiger charge is -2.10. The van der Waals surface area contributed by atoms with Crippen LogP contribution < -0.4 is 10.6 Å². The van der Waals surface area contributed by atoms with Crippen molar-refractivity contribution in [3.63, 3.8) is 0 Å². The fraction of sp³-hybridized carbons (Fsp3) is 0.312. The van der Waals surface area contributed by atoms with Gasteiger partial charge in [-0.15, -0.1) is 0 Å². The van der Waals surface area contributed by atoms with Crippen LogP contribution in [0.25, 0.3) is 0 Å². The van der Waals surface area contributed by atoms with Crippen molar-refractivity contribution in [2.45, 2.75) is 26.7 Å². The largest absolute Gasteiger partial charge is 0.351 e. The van der Waals surface area contributed by atoms with Gasteiger partial charge >= 0.3 is 0 Å². The molecule has 0 unspecified atom stereocenters. The first-order chi connectivity index (χ1) is 10.2. The van der Waals surface area contributed by atoms with E-state index in [4.69, 9.17) is 0 Å². The summed E-state index contributed by atoms with van der Waals surface area (Å²) in [6.07, 6.45) is 3.22. The number of aryl methyl sites for hydroxylation is 1. The molecule has 0 spiro atoms. The normalized spacial score (nSPS) is 10.2. The van der Waals surface area contributed by atoms with Gasteiger partial charge in [0.25, 0.3) is 5.91 Å². The zero-order chi connectivity index (χ0) is 15.1. The second-order valence-corrected chi connectivity index (χ2v) is 4.68. The second-order valence-electron chi connectivity index (χ2n) is 4.68. The average Bonchev–Trinajstić information content (AvgIpc) is 2.53. The van der Waals surface area contributed by atoms with Crippen LogP contribution >= 0.6 is 0 Å². The van der Waals surface area contributed by atoms with Crippen molar-refractivity contribution in [2.75, 3.05) is 11.9 Å². The first-order valence-electron chi connectivity index (χ1n) is 7.19. The summed E-state index contributed by atoms with van der Waals surface area (Å²) in [6.45, 7) is 4.75. The molecule has 0 radical (unpaired) electrons. The lowest BCUT2D eigenvalue weighted by molar-refractivity contribution is 0.0948. The van der Waals surface area contributed by atoms with Gasteiger partial charge in [-0.1, -0.05) is 32.0 Å². The summed E-state index contributed by atoms with van der Waals surface area (Å²) in [6, 6.07) is 9.71. The van der Waals surface area contributed by atoms with Crippen molar-refractivity contribution < 1.29 is 4.79 Å². The zero-order valence-electron chi connectivity index (χ0n) is 12.4. The van der Waals surface area contributed by atoms with Gasteiger partial charge < -0.3 is 10.6 Å². The van der Waals surface area contributed by atoms with E-state index in [0.717, 1.165) is 18.5 Å². The summed E-state index contributed by atoms with van der Waals surface area (Å²) in [4.78, 5) is 20.1. The molecule has 0 bridgehead atoms. The van der Waals surface area contributed by atoms with Crippen LogP contribution in [0.5, 0.6) is 0 Å². The predicted octanol–water partition coefficient (Wildman–Crippen LogP) is 2.92. The predicted molar refractivity (Wildman–Crippen MR) is 83.8 cm³/mol. The summed E-state index contributed by atoms with van der Waals surface area (Å²) in [5.41, 5.74) is 2.57. The molecule has 5 heteroatoms. The van der Waals surface area contributed by atoms with Gasteiger partial charge in [-0.25, -0.2) is 9.97 Å². The summed E-state index contributed by atoms with van der Waals surface area (Å²) in [7, 11) is 0. The molecule has 0 saturated carbocycles. The minimum atomic E-state index is -0.175. The number of nitrogens with zero attached hydrogens (tertiary/aromatic N) is 2. The Hall–Kier alpha value is -2.43. The van der Waals surface area contributed by atoms with Crippen LogP contribution in [-0.4, -0.2) is 22.4 Å². The fourth-order valence-corrected chi connectivity index (χ4v) is 1.97. The number of aromatic nitrogens is 2. The Labute approximate surface area is 124 Å². The van der Waals surface area contributed by atoms with Crippen molar-refractivity contribution in [3.05, 3.63) is 47.9 Å². The standard InChI is InChI=1S/C16H20N4O/c1-3-9-17-16(21)14-10-15(19-11-18-14)20-13-8-6-5-7-12(13)4-2/h5-8,10-11H,3-4,9H2,1-2H3,(H,17,21)(H,18,19,20). The Morgan fingerprint density at radius 3 is 2.76 bits per heavy atom. The molecule has 1 heterocycles. The molecule has 0 aliphatic rings. The van der Waals surface area contributed by atoms with Gasteiger partial charge in [0.2, 0.25) is 0 Å². The van der Waals surface area contributed by atoms with Gasteiger partial charge in [-0.2, -0.15) is 0 Å². The molecule has 5 nitrogen and oxygen atoms in total. The lowest BCUT2D eigenvalue weighted by atomic mass is 10.1. The first kappa shape index (κ1) is 15.0. The van der Waals surface area contributed by atoms with Crippen LogP contribution in [0.2, 0.25) is 0 Å². The molecule has 110 valence electrons. The van der Waals surface area contributed by atoms with E-state index in [-0.39, 0.29) is 5.91 Å². The molecular weight excluding hydrogens is 264 g/mol. The number of nitrogens with one attached hydrogen (secondary N) is 2. The highest BCUT2D eigenvalue weighted by atomic mass is 16.1. The second kappa shape index (κ2) is 7.38. The third-order valence-corrected chi connectivity index (χ3v) is 3.10. The lowest BCUT2D eigenvalue weighted by Crippen LogP contribution is -2.25. The number of hydrogen-bond donors (Lipinski definition) is 2. The molecule has 1 aromatic heterocycles. The molecule has 0 aliphatic heterocycles. The summed E-state index contributed by atoms with van der Waals surface area (Å²) >= 11 is 0. The van der Waals surface area contributed by atoms with E-state index < -0.39 is 0 Å². The number of benzene rings is 1. The Kier molecular flexibility index (Phi) is 5.26. The maximum Gasteiger partial charge on any atom is 0.270 e. The number of anilines is 2. The van der Waals surface area contributed by atoms with E-state index in [1.54, 1.807) is 6.07 Å². The van der Waals surface area contributed by atoms with Crippen LogP contribution in [0.3, 0.4) is 0 Å². The first-order valence-corrected chi connectivity index (χ1v) is 7.19. The minimum Gasteiger partial charge on any atom is -0.351 e. The van der Waals surface area contributed by atoms with E-state index in [0.29, 0.717) is 18.1 Å². The quantitative estimate of drug-likeness (QED) is 0.856. The topological polar surface area (TPSA) is 66.9 Å². The van der Waals surface area contributed by atoms with Gasteiger partial charge in [-0.05, 0) is 24.5 Å². The van der Waals surface area contributed by atoms with E-state index in [1.807, 2.05) is 25.1 Å². The number of rotatable bonds is 6. The van der Waals surface area contributed by atoms with Crippen LogP contribution in [-0.2, 0) is 6.42 Å². The molecule has 0 aliphatic carbocycles. The number of amides is 1. The molecular formula is C16H20N4O. The van der Waals surface area contributed by atoms with Crippen LogP contribution in [0.1, 0.15) is 36.3 Å². The Balaban J connectivity index is 2.16. The summed E-state index contributed by atoms with van der Waals surface area (Å²) in [5.74, 6) is 0.443. The van der Waals surface area contributed by atoms with Crippen LogP contribution in [0, 0.1) is 0 Å². The average molecular weight is 284 g/mol. The van der Waals surface area contributed by atoms with Crippen molar-refractivity contribution in [2.24, 2.45) is 0 Å². The van der Waals surface area contributed by atoms with Crippen LogP contribution in [0.15, 0.2) is 36.7 Å². The molecule has 2 rings (SSSR count). The highest BCUT2D eigenvalue weighted by Gasteiger charge is 2.08. The Bertz CT molecular complexity index is 613. The van der Waals surface area contributed by atoms with Gasteiger partial charge in [0.05, 0.1) is 0 Å². The maximum atomic E-state index is 11.9. The number of carbonyl (C=O) groups is 1. The number of carbonyl (C=O) groups excluding carboxylic acids is 1. The summed E-state index contributed by atoms with van der Waals surface area (Å²) in [5, 5.41) is 6.05. The highest BCUT2D eigenvalue weighted by molar-refractivity contribution is 5.92. The Morgan fingerprint density at radius 1 is 1.19 bits per heavy atom. The smallest absolute Gasteiger partial charge is 0.270 e. The van der Waals surface area contributed by atoms with E-state index in [2.05, 4.69) is 33.6 Å². The number of para-hydroxylation sites is 1. The van der Waals surface area contributed by atoms with E-state index >= 15 is 0 Å². The third kappa shape index (κ3) is 4.02. The molecule has 2 aromatic rings. The van der Waals surface area contributed by atoms with Gasteiger partial charge in [0.15, 0.2) is 0 Å². The third-order valence-electron chi connectivity index (χ3n) is 3.10. The van der Waals surface area contributed by atoms with Gasteiger partial charge in [0, 0.05) is 18.3 Å². The molecule has 1 amide bonds. The van der Waals surface area contributed by atoms with Crippen molar-refractivity contribution >= 4 is 17.4 Å².